The molecule has 6 heteroatoms. The zero-order chi connectivity index (χ0) is 19.4. The molecule has 1 aromatic heterocycles. The molecule has 0 saturated carbocycles. The third-order valence-electron chi connectivity index (χ3n) is 4.75. The van der Waals surface area contributed by atoms with Crippen molar-refractivity contribution in [2.24, 2.45) is 7.05 Å². The first-order valence-electron chi connectivity index (χ1n) is 9.00. The molecule has 140 valence electrons. The monoisotopic (exact) mass is 379 g/mol. The molecule has 1 heterocycles. The fourth-order valence-electron chi connectivity index (χ4n) is 3.18. The number of hydrogen-bond acceptors (Lipinski definition) is 4. The average Bonchev–Trinajstić information content (AvgIpc) is 2.92. The predicted molar refractivity (Wildman–Crippen MR) is 112 cm³/mol. The van der Waals surface area contributed by atoms with Gasteiger partial charge in [0, 0.05) is 26.7 Å². The summed E-state index contributed by atoms with van der Waals surface area (Å²) in [5.74, 6) is 0. The lowest BCUT2D eigenvalue weighted by molar-refractivity contribution is 0.190. The van der Waals surface area contributed by atoms with Crippen molar-refractivity contribution in [3.63, 3.8) is 0 Å². The van der Waals surface area contributed by atoms with Gasteiger partial charge >= 0.3 is 0 Å². The molecular formula is C21H25N5S. The maximum atomic E-state index is 9.00. The van der Waals surface area contributed by atoms with Gasteiger partial charge < -0.3 is 14.0 Å². The number of imidazole rings is 1. The molecule has 0 amide bonds. The van der Waals surface area contributed by atoms with Crippen LogP contribution in [0.1, 0.15) is 11.1 Å². The number of nitrogens with zero attached hydrogens (tertiary/aromatic N) is 5. The molecule has 3 aromatic rings. The van der Waals surface area contributed by atoms with Gasteiger partial charge in [0.25, 0.3) is 0 Å². The molecule has 0 aliphatic carbocycles. The van der Waals surface area contributed by atoms with Crippen molar-refractivity contribution in [2.45, 2.75) is 13.2 Å². The minimum Gasteiger partial charge on any atom is -0.320 e. The Morgan fingerprint density at radius 3 is 2.30 bits per heavy atom. The van der Waals surface area contributed by atoms with E-state index in [4.69, 9.17) is 17.5 Å². The number of likely N-dealkylation sites (N-methyl/N-ethyl adjacent to an activating group) is 1. The van der Waals surface area contributed by atoms with Crippen molar-refractivity contribution in [1.29, 1.82) is 5.26 Å². The molecule has 0 aliphatic heterocycles. The van der Waals surface area contributed by atoms with E-state index in [0.29, 0.717) is 5.56 Å². The van der Waals surface area contributed by atoms with Crippen LogP contribution in [0.2, 0.25) is 0 Å². The van der Waals surface area contributed by atoms with Gasteiger partial charge in [0.1, 0.15) is 0 Å². The molecule has 0 spiro atoms. The number of aryl methyl sites for hydroxylation is 1. The Labute approximate surface area is 165 Å². The number of benzene rings is 2. The SMILES string of the molecule is CN(C)CCN(Cc1ccc(C#N)cc1)Cn1c(=S)n(C)c2ccccc21. The molecule has 27 heavy (non-hydrogen) atoms. The van der Waals surface area contributed by atoms with E-state index in [0.717, 1.165) is 42.1 Å². The third kappa shape index (κ3) is 4.45. The standard InChI is InChI=1S/C21H25N5S/c1-23(2)12-13-25(15-18-10-8-17(14-22)9-11-18)16-26-20-7-5-4-6-19(20)24(3)21(26)27/h4-11H,12-13,15-16H2,1-3H3. The van der Waals surface area contributed by atoms with Crippen LogP contribution < -0.4 is 0 Å². The topological polar surface area (TPSA) is 40.1 Å². The summed E-state index contributed by atoms with van der Waals surface area (Å²) in [4.78, 5) is 4.58. The maximum absolute atomic E-state index is 9.00. The van der Waals surface area contributed by atoms with Crippen molar-refractivity contribution in [3.8, 4) is 6.07 Å². The van der Waals surface area contributed by atoms with Crippen LogP contribution in [0.3, 0.4) is 0 Å². The first kappa shape index (κ1) is 19.3. The van der Waals surface area contributed by atoms with Gasteiger partial charge in [0.05, 0.1) is 29.3 Å². The minimum atomic E-state index is 0.690. The zero-order valence-electron chi connectivity index (χ0n) is 16.1. The molecule has 5 nitrogen and oxygen atoms in total. The number of fused-ring (bicyclic) bond motifs is 1. The quantitative estimate of drug-likeness (QED) is 0.588. The molecule has 0 fully saturated rings. The molecule has 2 aromatic carbocycles. The van der Waals surface area contributed by atoms with Crippen LogP contribution in [0.15, 0.2) is 48.5 Å². The minimum absolute atomic E-state index is 0.690. The highest BCUT2D eigenvalue weighted by molar-refractivity contribution is 7.71. The Bertz CT molecular complexity index is 1010. The number of rotatable bonds is 7. The number of aromatic nitrogens is 2. The van der Waals surface area contributed by atoms with Crippen molar-refractivity contribution in [1.82, 2.24) is 18.9 Å². The summed E-state index contributed by atoms with van der Waals surface area (Å²) in [6, 6.07) is 18.3. The summed E-state index contributed by atoms with van der Waals surface area (Å²) in [5.41, 5.74) is 4.18. The summed E-state index contributed by atoms with van der Waals surface area (Å²) in [5, 5.41) is 9.00. The summed E-state index contributed by atoms with van der Waals surface area (Å²) >= 11 is 5.70. The number of hydrogen-bond donors (Lipinski definition) is 0. The summed E-state index contributed by atoms with van der Waals surface area (Å²) < 4.78 is 5.09. The van der Waals surface area contributed by atoms with Gasteiger partial charge in [-0.05, 0) is 56.1 Å². The van der Waals surface area contributed by atoms with E-state index >= 15 is 0 Å². The van der Waals surface area contributed by atoms with Crippen LogP contribution in [0, 0.1) is 16.1 Å². The number of para-hydroxylation sites is 2. The molecule has 0 aliphatic rings. The van der Waals surface area contributed by atoms with E-state index in [1.54, 1.807) is 0 Å². The van der Waals surface area contributed by atoms with Gasteiger partial charge in [0.2, 0.25) is 0 Å². The smallest absolute Gasteiger partial charge is 0.181 e. The Hall–Kier alpha value is -2.46. The lowest BCUT2D eigenvalue weighted by Crippen LogP contribution is -2.33. The summed E-state index contributed by atoms with van der Waals surface area (Å²) in [7, 11) is 6.19. The third-order valence-corrected chi connectivity index (χ3v) is 5.24. The van der Waals surface area contributed by atoms with E-state index in [2.05, 4.69) is 57.3 Å². The highest BCUT2D eigenvalue weighted by atomic mass is 32.1. The van der Waals surface area contributed by atoms with Crippen molar-refractivity contribution in [3.05, 3.63) is 64.4 Å². The Balaban J connectivity index is 1.88. The molecule has 0 bridgehead atoms. The highest BCUT2D eigenvalue weighted by Crippen LogP contribution is 2.18. The Morgan fingerprint density at radius 1 is 1.00 bits per heavy atom. The molecule has 0 unspecified atom stereocenters. The normalized spacial score (nSPS) is 11.4. The lowest BCUT2D eigenvalue weighted by Gasteiger charge is -2.25. The molecule has 0 N–H and O–H groups in total. The van der Waals surface area contributed by atoms with E-state index in [1.165, 1.54) is 5.56 Å². The lowest BCUT2D eigenvalue weighted by atomic mass is 10.1. The maximum Gasteiger partial charge on any atom is 0.181 e. The van der Waals surface area contributed by atoms with E-state index in [1.807, 2.05) is 37.4 Å². The second kappa shape index (κ2) is 8.49. The fourth-order valence-corrected chi connectivity index (χ4v) is 3.44. The van der Waals surface area contributed by atoms with Crippen LogP contribution in [-0.2, 0) is 20.3 Å². The van der Waals surface area contributed by atoms with E-state index in [-0.39, 0.29) is 0 Å². The fraction of sp³-hybridized carbons (Fsp3) is 0.333. The van der Waals surface area contributed by atoms with Gasteiger partial charge in [-0.25, -0.2) is 0 Å². The second-order valence-electron chi connectivity index (χ2n) is 7.06. The van der Waals surface area contributed by atoms with Crippen LogP contribution in [-0.4, -0.2) is 46.1 Å². The highest BCUT2D eigenvalue weighted by Gasteiger charge is 2.13. The predicted octanol–water partition coefficient (Wildman–Crippen LogP) is 3.60. The van der Waals surface area contributed by atoms with Crippen LogP contribution in [0.4, 0.5) is 0 Å². The van der Waals surface area contributed by atoms with Gasteiger partial charge in [-0.1, -0.05) is 24.3 Å². The Morgan fingerprint density at radius 2 is 1.67 bits per heavy atom. The van der Waals surface area contributed by atoms with Crippen molar-refractivity contribution < 1.29 is 0 Å². The molecular weight excluding hydrogens is 354 g/mol. The van der Waals surface area contributed by atoms with Crippen LogP contribution in [0.25, 0.3) is 11.0 Å². The van der Waals surface area contributed by atoms with Gasteiger partial charge in [-0.15, -0.1) is 0 Å². The van der Waals surface area contributed by atoms with Gasteiger partial charge in [-0.3, -0.25) is 4.90 Å². The van der Waals surface area contributed by atoms with Crippen molar-refractivity contribution in [2.75, 3.05) is 27.2 Å². The van der Waals surface area contributed by atoms with E-state index in [9.17, 15) is 0 Å². The number of nitriles is 1. The first-order chi connectivity index (χ1) is 13.0. The van der Waals surface area contributed by atoms with Crippen LogP contribution >= 0.6 is 12.2 Å². The first-order valence-corrected chi connectivity index (χ1v) is 9.41. The molecule has 0 atom stereocenters. The molecule has 0 radical (unpaired) electrons. The summed E-state index contributed by atoms with van der Waals surface area (Å²) in [6.45, 7) is 3.44. The zero-order valence-corrected chi connectivity index (χ0v) is 16.9. The molecule has 0 saturated heterocycles. The van der Waals surface area contributed by atoms with Crippen molar-refractivity contribution >= 4 is 23.3 Å². The van der Waals surface area contributed by atoms with Gasteiger partial charge in [0.15, 0.2) is 4.77 Å². The largest absolute Gasteiger partial charge is 0.320 e. The average molecular weight is 380 g/mol. The van der Waals surface area contributed by atoms with Crippen LogP contribution in [0.5, 0.6) is 0 Å². The van der Waals surface area contributed by atoms with Gasteiger partial charge in [-0.2, -0.15) is 5.26 Å². The Kier molecular flexibility index (Phi) is 6.07. The van der Waals surface area contributed by atoms with E-state index < -0.39 is 0 Å². The second-order valence-corrected chi connectivity index (χ2v) is 7.43. The summed E-state index contributed by atoms with van der Waals surface area (Å²) in [6.07, 6.45) is 0. The molecule has 3 rings (SSSR count).